The molecule has 0 bridgehead atoms. The molecule has 0 radical (unpaired) electrons. The number of hydrogen-bond donors (Lipinski definition) is 2. The van der Waals surface area contributed by atoms with Gasteiger partial charge in [-0.2, -0.15) is 0 Å². The molecule has 6 nitrogen and oxygen atoms in total. The summed E-state index contributed by atoms with van der Waals surface area (Å²) in [6.07, 6.45) is 3.40. The van der Waals surface area contributed by atoms with Crippen molar-refractivity contribution in [1.82, 2.24) is 9.71 Å². The van der Waals surface area contributed by atoms with Crippen LogP contribution in [0.25, 0.3) is 10.9 Å². The molecule has 1 heterocycles. The summed E-state index contributed by atoms with van der Waals surface area (Å²) in [5, 5.41) is 3.70. The summed E-state index contributed by atoms with van der Waals surface area (Å²) in [7, 11) is -3.62. The van der Waals surface area contributed by atoms with Gasteiger partial charge in [0.05, 0.1) is 16.1 Å². The fourth-order valence-corrected chi connectivity index (χ4v) is 4.23. The van der Waals surface area contributed by atoms with Crippen LogP contribution >= 0.6 is 0 Å². The zero-order valence-corrected chi connectivity index (χ0v) is 15.6. The topological polar surface area (TPSA) is 88.2 Å². The van der Waals surface area contributed by atoms with Gasteiger partial charge in [-0.05, 0) is 61.7 Å². The second-order valence-electron chi connectivity index (χ2n) is 6.70. The van der Waals surface area contributed by atoms with Crippen molar-refractivity contribution in [2.45, 2.75) is 30.7 Å². The number of sulfonamides is 1. The largest absolute Gasteiger partial charge is 0.321 e. The van der Waals surface area contributed by atoms with E-state index in [0.717, 1.165) is 23.7 Å². The number of nitrogens with zero attached hydrogens (tertiary/aromatic N) is 1. The third kappa shape index (κ3) is 3.70. The van der Waals surface area contributed by atoms with E-state index in [2.05, 4.69) is 15.0 Å². The maximum Gasteiger partial charge on any atom is 0.255 e. The van der Waals surface area contributed by atoms with E-state index in [9.17, 15) is 13.2 Å². The molecule has 2 N–H and O–H groups in total. The lowest BCUT2D eigenvalue weighted by Crippen LogP contribution is -2.26. The Hall–Kier alpha value is -2.77. The van der Waals surface area contributed by atoms with E-state index >= 15 is 0 Å². The Kier molecular flexibility index (Phi) is 4.41. The van der Waals surface area contributed by atoms with Crippen molar-refractivity contribution in [3.63, 3.8) is 0 Å². The molecule has 3 aromatic rings. The maximum absolute atomic E-state index is 12.8. The molecule has 0 saturated heterocycles. The van der Waals surface area contributed by atoms with Gasteiger partial charge in [0.15, 0.2) is 0 Å². The highest BCUT2D eigenvalue weighted by Crippen LogP contribution is 2.25. The van der Waals surface area contributed by atoms with Crippen LogP contribution in [0.15, 0.2) is 59.6 Å². The number of carbonyl (C=O) groups excluding carboxylic acids is 1. The molecule has 7 heteroatoms. The van der Waals surface area contributed by atoms with Gasteiger partial charge in [0, 0.05) is 23.2 Å². The summed E-state index contributed by atoms with van der Waals surface area (Å²) >= 11 is 0. The van der Waals surface area contributed by atoms with E-state index in [0.29, 0.717) is 16.8 Å². The summed E-state index contributed by atoms with van der Waals surface area (Å²) in [6, 6.07) is 13.8. The fraction of sp³-hybridized carbons (Fsp3) is 0.200. The molecule has 1 saturated carbocycles. The van der Waals surface area contributed by atoms with Crippen LogP contribution in [0.5, 0.6) is 0 Å². The van der Waals surface area contributed by atoms with Crippen LogP contribution in [0.3, 0.4) is 0 Å². The molecule has 2 aromatic carbocycles. The van der Waals surface area contributed by atoms with Gasteiger partial charge in [0.1, 0.15) is 0 Å². The molecule has 27 heavy (non-hydrogen) atoms. The molecule has 0 atom stereocenters. The number of pyridine rings is 1. The minimum Gasteiger partial charge on any atom is -0.321 e. The summed E-state index contributed by atoms with van der Waals surface area (Å²) in [4.78, 5) is 17.2. The molecule has 4 rings (SSSR count). The number of anilines is 1. The highest BCUT2D eigenvalue weighted by atomic mass is 32.2. The summed E-state index contributed by atoms with van der Waals surface area (Å²) in [5.74, 6) is -0.354. The number of aryl methyl sites for hydroxylation is 1. The highest BCUT2D eigenvalue weighted by Gasteiger charge is 2.28. The standard InChI is InChI=1S/C20H19N3O3S/c1-13-7-10-15(27(25,26)23-14-8-9-14)12-17(13)20(24)22-19-6-2-5-18-16(19)4-3-11-21-18/h2-7,10-12,14,23H,8-9H2,1H3,(H,22,24). The second kappa shape index (κ2) is 6.75. The van der Waals surface area contributed by atoms with Crippen molar-refractivity contribution >= 4 is 32.5 Å². The van der Waals surface area contributed by atoms with E-state index < -0.39 is 10.0 Å². The van der Waals surface area contributed by atoms with Crippen molar-refractivity contribution in [3.8, 4) is 0 Å². The van der Waals surface area contributed by atoms with Crippen molar-refractivity contribution in [2.75, 3.05) is 5.32 Å². The monoisotopic (exact) mass is 381 g/mol. The first-order valence-corrected chi connectivity index (χ1v) is 10.2. The van der Waals surface area contributed by atoms with Crippen LogP contribution in [-0.4, -0.2) is 25.4 Å². The van der Waals surface area contributed by atoms with E-state index in [4.69, 9.17) is 0 Å². The van der Waals surface area contributed by atoms with E-state index in [1.807, 2.05) is 18.2 Å². The Morgan fingerprint density at radius 3 is 2.70 bits per heavy atom. The predicted molar refractivity (Wildman–Crippen MR) is 104 cm³/mol. The van der Waals surface area contributed by atoms with Crippen LogP contribution in [-0.2, 0) is 10.0 Å². The first-order chi connectivity index (χ1) is 12.9. The number of carbonyl (C=O) groups is 1. The Balaban J connectivity index is 1.66. The number of fused-ring (bicyclic) bond motifs is 1. The zero-order valence-electron chi connectivity index (χ0n) is 14.8. The van der Waals surface area contributed by atoms with Gasteiger partial charge in [-0.3, -0.25) is 9.78 Å². The van der Waals surface area contributed by atoms with Crippen LogP contribution in [0.2, 0.25) is 0 Å². The first kappa shape index (κ1) is 17.6. The molecular formula is C20H19N3O3S. The van der Waals surface area contributed by atoms with E-state index in [-0.39, 0.29) is 16.8 Å². The van der Waals surface area contributed by atoms with Crippen molar-refractivity contribution in [3.05, 3.63) is 65.9 Å². The van der Waals surface area contributed by atoms with E-state index in [1.54, 1.807) is 31.3 Å². The Morgan fingerprint density at radius 1 is 1.11 bits per heavy atom. The summed E-state index contributed by atoms with van der Waals surface area (Å²) < 4.78 is 27.5. The summed E-state index contributed by atoms with van der Waals surface area (Å²) in [5.41, 5.74) is 2.44. The van der Waals surface area contributed by atoms with Gasteiger partial charge in [0.2, 0.25) is 10.0 Å². The number of nitrogens with one attached hydrogen (secondary N) is 2. The summed E-state index contributed by atoms with van der Waals surface area (Å²) in [6.45, 7) is 1.78. The van der Waals surface area contributed by atoms with Gasteiger partial charge in [0.25, 0.3) is 5.91 Å². The second-order valence-corrected chi connectivity index (χ2v) is 8.42. The van der Waals surface area contributed by atoms with Crippen molar-refractivity contribution in [1.29, 1.82) is 0 Å². The fourth-order valence-electron chi connectivity index (χ4n) is 2.90. The SMILES string of the molecule is Cc1ccc(S(=O)(=O)NC2CC2)cc1C(=O)Nc1cccc2ncccc12. The molecule has 1 amide bonds. The van der Waals surface area contributed by atoms with Crippen LogP contribution in [0.1, 0.15) is 28.8 Å². The molecule has 1 aliphatic rings. The molecule has 1 aliphatic carbocycles. The number of amides is 1. The highest BCUT2D eigenvalue weighted by molar-refractivity contribution is 7.89. The lowest BCUT2D eigenvalue weighted by Gasteiger charge is -2.12. The lowest BCUT2D eigenvalue weighted by atomic mass is 10.1. The Bertz CT molecular complexity index is 1130. The Morgan fingerprint density at radius 2 is 1.93 bits per heavy atom. The quantitative estimate of drug-likeness (QED) is 0.710. The van der Waals surface area contributed by atoms with E-state index in [1.165, 1.54) is 12.1 Å². The van der Waals surface area contributed by atoms with Crippen molar-refractivity contribution in [2.24, 2.45) is 0 Å². The van der Waals surface area contributed by atoms with Crippen LogP contribution in [0.4, 0.5) is 5.69 Å². The van der Waals surface area contributed by atoms with Crippen LogP contribution in [0, 0.1) is 6.92 Å². The number of hydrogen-bond acceptors (Lipinski definition) is 4. The number of rotatable bonds is 5. The third-order valence-electron chi connectivity index (χ3n) is 4.56. The van der Waals surface area contributed by atoms with Gasteiger partial charge in [-0.15, -0.1) is 0 Å². The molecule has 1 aromatic heterocycles. The third-order valence-corrected chi connectivity index (χ3v) is 6.08. The molecule has 1 fully saturated rings. The molecule has 0 aliphatic heterocycles. The molecule has 0 unspecified atom stereocenters. The minimum absolute atomic E-state index is 0.0109. The lowest BCUT2D eigenvalue weighted by molar-refractivity contribution is 0.102. The predicted octanol–water partition coefficient (Wildman–Crippen LogP) is 3.24. The normalized spacial score (nSPS) is 14.3. The van der Waals surface area contributed by atoms with Gasteiger partial charge in [-0.1, -0.05) is 12.1 Å². The average molecular weight is 381 g/mol. The molecule has 138 valence electrons. The Labute approximate surface area is 157 Å². The molecule has 0 spiro atoms. The van der Waals surface area contributed by atoms with Gasteiger partial charge in [-0.25, -0.2) is 13.1 Å². The van der Waals surface area contributed by atoms with Gasteiger partial charge < -0.3 is 5.32 Å². The van der Waals surface area contributed by atoms with Crippen LogP contribution < -0.4 is 10.0 Å². The molecular weight excluding hydrogens is 362 g/mol. The number of benzene rings is 2. The van der Waals surface area contributed by atoms with Gasteiger partial charge >= 0.3 is 0 Å². The smallest absolute Gasteiger partial charge is 0.255 e. The zero-order chi connectivity index (χ0) is 19.0. The first-order valence-electron chi connectivity index (χ1n) is 8.72. The number of aromatic nitrogens is 1. The average Bonchev–Trinajstić information content (AvgIpc) is 3.45. The minimum atomic E-state index is -3.62. The van der Waals surface area contributed by atoms with Crippen molar-refractivity contribution < 1.29 is 13.2 Å². The maximum atomic E-state index is 12.8.